The molecule has 0 saturated heterocycles. The van der Waals surface area contributed by atoms with Gasteiger partial charge in [0.25, 0.3) is 0 Å². The van der Waals surface area contributed by atoms with Gasteiger partial charge in [-0.05, 0) is 33.4 Å². The summed E-state index contributed by atoms with van der Waals surface area (Å²) in [6.45, 7) is 2.29. The molecule has 4 nitrogen and oxygen atoms in total. The highest BCUT2D eigenvalue weighted by atomic mass is 35.5. The molecule has 0 amide bonds. The number of unbranched alkanes of at least 4 members (excludes halogenated alkanes) is 10. The maximum Gasteiger partial charge on any atom is 0.500 e. The van der Waals surface area contributed by atoms with E-state index in [1.807, 2.05) is 0 Å². The van der Waals surface area contributed by atoms with Crippen molar-refractivity contribution in [2.24, 2.45) is 0 Å². The van der Waals surface area contributed by atoms with Gasteiger partial charge in [0, 0.05) is 33.4 Å². The highest BCUT2D eigenvalue weighted by Crippen LogP contribution is 2.21. The number of hydrogen-bond donors (Lipinski definition) is 0. The SMILES string of the molecule is CCCCCCCCCCCCCC(CCC[Si](OC)(OC)OC)N(C)C.Cl. The van der Waals surface area contributed by atoms with Gasteiger partial charge in [-0.15, -0.1) is 12.4 Å². The van der Waals surface area contributed by atoms with E-state index in [9.17, 15) is 0 Å². The Balaban J connectivity index is 0. The first-order valence-electron chi connectivity index (χ1n) is 11.4. The molecule has 0 aliphatic rings. The fourth-order valence-electron chi connectivity index (χ4n) is 3.82. The van der Waals surface area contributed by atoms with E-state index in [1.54, 1.807) is 21.3 Å². The Morgan fingerprint density at radius 3 is 1.43 bits per heavy atom. The molecule has 0 fully saturated rings. The van der Waals surface area contributed by atoms with Crippen LogP contribution in [0.4, 0.5) is 0 Å². The average Bonchev–Trinajstić information content (AvgIpc) is 2.68. The van der Waals surface area contributed by atoms with Crippen LogP contribution in [0.5, 0.6) is 0 Å². The van der Waals surface area contributed by atoms with E-state index in [-0.39, 0.29) is 12.4 Å². The minimum absolute atomic E-state index is 0. The molecule has 0 rings (SSSR count). The number of hydrogen-bond acceptors (Lipinski definition) is 4. The maximum atomic E-state index is 5.53. The normalized spacial score (nSPS) is 13.0. The van der Waals surface area contributed by atoms with Crippen LogP contribution >= 0.6 is 12.4 Å². The van der Waals surface area contributed by atoms with Crippen molar-refractivity contribution in [1.82, 2.24) is 4.90 Å². The van der Waals surface area contributed by atoms with Gasteiger partial charge in [0.15, 0.2) is 0 Å². The van der Waals surface area contributed by atoms with Crippen molar-refractivity contribution in [2.75, 3.05) is 35.4 Å². The molecule has 0 saturated carbocycles. The van der Waals surface area contributed by atoms with Gasteiger partial charge < -0.3 is 18.2 Å². The Labute approximate surface area is 183 Å². The van der Waals surface area contributed by atoms with Gasteiger partial charge in [0.1, 0.15) is 0 Å². The lowest BCUT2D eigenvalue weighted by Crippen LogP contribution is -2.43. The summed E-state index contributed by atoms with van der Waals surface area (Å²) in [6, 6.07) is 1.56. The summed E-state index contributed by atoms with van der Waals surface area (Å²) in [6.07, 6.45) is 19.1. The highest BCUT2D eigenvalue weighted by Gasteiger charge is 2.37. The van der Waals surface area contributed by atoms with Crippen molar-refractivity contribution >= 4 is 21.2 Å². The van der Waals surface area contributed by atoms with Crippen LogP contribution in [-0.4, -0.2) is 55.2 Å². The van der Waals surface area contributed by atoms with Gasteiger partial charge in [-0.2, -0.15) is 0 Å². The molecular formula is C22H50ClNO3Si. The van der Waals surface area contributed by atoms with Crippen LogP contribution in [0, 0.1) is 0 Å². The van der Waals surface area contributed by atoms with E-state index < -0.39 is 8.80 Å². The lowest BCUT2D eigenvalue weighted by Gasteiger charge is -2.27. The Morgan fingerprint density at radius 2 is 1.04 bits per heavy atom. The second kappa shape index (κ2) is 20.6. The third kappa shape index (κ3) is 15.2. The molecular weight excluding hydrogens is 390 g/mol. The summed E-state index contributed by atoms with van der Waals surface area (Å²) in [5, 5.41) is 0. The van der Waals surface area contributed by atoms with E-state index in [1.165, 1.54) is 83.5 Å². The molecule has 0 N–H and O–H groups in total. The fourth-order valence-corrected chi connectivity index (χ4v) is 5.56. The highest BCUT2D eigenvalue weighted by molar-refractivity contribution is 6.60. The summed E-state index contributed by atoms with van der Waals surface area (Å²) in [7, 11) is 7.11. The third-order valence-corrected chi connectivity index (χ3v) is 8.66. The van der Waals surface area contributed by atoms with Crippen LogP contribution < -0.4 is 0 Å². The number of halogens is 1. The zero-order valence-electron chi connectivity index (χ0n) is 19.8. The first-order valence-corrected chi connectivity index (χ1v) is 13.3. The quantitative estimate of drug-likeness (QED) is 0.156. The standard InChI is InChI=1S/C22H49NO3Si.ClH/c1-7-8-9-10-11-12-13-14-15-16-17-19-22(23(2)3)20-18-21-27(24-4,25-5)26-6;/h22H,7-21H2,1-6H3;1H. The average molecular weight is 440 g/mol. The summed E-state index contributed by atoms with van der Waals surface area (Å²) < 4.78 is 16.6. The monoisotopic (exact) mass is 439 g/mol. The van der Waals surface area contributed by atoms with Crippen molar-refractivity contribution in [3.05, 3.63) is 0 Å². The van der Waals surface area contributed by atoms with Crippen LogP contribution in [0.25, 0.3) is 0 Å². The number of nitrogens with zero attached hydrogens (tertiary/aromatic N) is 1. The topological polar surface area (TPSA) is 30.9 Å². The van der Waals surface area contributed by atoms with Gasteiger partial charge in [-0.25, -0.2) is 0 Å². The van der Waals surface area contributed by atoms with Gasteiger partial charge >= 0.3 is 8.80 Å². The van der Waals surface area contributed by atoms with Crippen molar-refractivity contribution in [3.8, 4) is 0 Å². The lowest BCUT2D eigenvalue weighted by atomic mass is 10.0. The predicted molar refractivity (Wildman–Crippen MR) is 127 cm³/mol. The van der Waals surface area contributed by atoms with Crippen LogP contribution in [0.15, 0.2) is 0 Å². The summed E-state index contributed by atoms with van der Waals surface area (Å²) >= 11 is 0. The zero-order chi connectivity index (χ0) is 20.4. The third-order valence-electron chi connectivity index (χ3n) is 5.82. The molecule has 1 atom stereocenters. The van der Waals surface area contributed by atoms with E-state index in [2.05, 4.69) is 25.9 Å². The van der Waals surface area contributed by atoms with Crippen molar-refractivity contribution < 1.29 is 13.3 Å². The second-order valence-electron chi connectivity index (χ2n) is 8.13. The predicted octanol–water partition coefficient (Wildman–Crippen LogP) is 6.70. The van der Waals surface area contributed by atoms with Crippen molar-refractivity contribution in [3.63, 3.8) is 0 Å². The maximum absolute atomic E-state index is 5.53. The second-order valence-corrected chi connectivity index (χ2v) is 11.2. The van der Waals surface area contributed by atoms with Crippen LogP contribution in [0.1, 0.15) is 96.8 Å². The molecule has 0 heterocycles. The van der Waals surface area contributed by atoms with Crippen molar-refractivity contribution in [1.29, 1.82) is 0 Å². The summed E-state index contributed by atoms with van der Waals surface area (Å²) in [5.74, 6) is 0. The van der Waals surface area contributed by atoms with E-state index in [0.29, 0.717) is 6.04 Å². The summed E-state index contributed by atoms with van der Waals surface area (Å²) in [4.78, 5) is 2.38. The fraction of sp³-hybridized carbons (Fsp3) is 1.00. The Kier molecular flexibility index (Phi) is 22.5. The molecule has 0 bridgehead atoms. The lowest BCUT2D eigenvalue weighted by molar-refractivity contribution is 0.121. The van der Waals surface area contributed by atoms with Gasteiger partial charge in [-0.1, -0.05) is 77.6 Å². The molecule has 28 heavy (non-hydrogen) atoms. The largest absolute Gasteiger partial charge is 0.500 e. The van der Waals surface area contributed by atoms with E-state index in [0.717, 1.165) is 12.5 Å². The molecule has 0 radical (unpaired) electrons. The molecule has 0 aromatic heterocycles. The molecule has 1 unspecified atom stereocenters. The smallest absolute Gasteiger partial charge is 0.377 e. The molecule has 0 aromatic carbocycles. The van der Waals surface area contributed by atoms with Gasteiger partial charge in [0.05, 0.1) is 0 Å². The van der Waals surface area contributed by atoms with E-state index >= 15 is 0 Å². The molecule has 6 heteroatoms. The summed E-state index contributed by atoms with van der Waals surface area (Å²) in [5.41, 5.74) is 0. The van der Waals surface area contributed by atoms with Crippen LogP contribution in [-0.2, 0) is 13.3 Å². The first kappa shape index (κ1) is 30.5. The molecule has 172 valence electrons. The minimum atomic E-state index is -2.41. The van der Waals surface area contributed by atoms with E-state index in [4.69, 9.17) is 13.3 Å². The zero-order valence-corrected chi connectivity index (χ0v) is 21.6. The Bertz CT molecular complexity index is 310. The Morgan fingerprint density at radius 1 is 0.643 bits per heavy atom. The Hall–Kier alpha value is 0.347. The van der Waals surface area contributed by atoms with Crippen LogP contribution in [0.3, 0.4) is 0 Å². The molecule has 0 aliphatic carbocycles. The molecule has 0 aromatic rings. The van der Waals surface area contributed by atoms with Gasteiger partial charge in [0.2, 0.25) is 0 Å². The minimum Gasteiger partial charge on any atom is -0.377 e. The van der Waals surface area contributed by atoms with Crippen molar-refractivity contribution in [2.45, 2.75) is 109 Å². The number of rotatable bonds is 20. The van der Waals surface area contributed by atoms with Gasteiger partial charge in [-0.3, -0.25) is 0 Å². The first-order chi connectivity index (χ1) is 13.0. The molecule has 0 spiro atoms. The van der Waals surface area contributed by atoms with Crippen LogP contribution in [0.2, 0.25) is 6.04 Å². The molecule has 0 aliphatic heterocycles.